The summed E-state index contributed by atoms with van der Waals surface area (Å²) in [5.41, 5.74) is 0. The second-order valence-corrected chi connectivity index (χ2v) is 2.22. The van der Waals surface area contributed by atoms with Crippen molar-refractivity contribution in [3.8, 4) is 0 Å². The van der Waals surface area contributed by atoms with E-state index in [0.717, 1.165) is 27.7 Å². The number of rotatable bonds is 0. The minimum absolute atomic E-state index is 0. The summed E-state index contributed by atoms with van der Waals surface area (Å²) in [7, 11) is 0. The molecule has 0 aromatic rings. The van der Waals surface area contributed by atoms with Crippen LogP contribution in [-0.4, -0.2) is 57.3 Å². The SMILES string of the molecule is CC(=O)[O-].CC(=O)[O-].CC(=O)[O-].CC(=O)[O-].O=C([O-])[O-].[Na+].[Na+].[Pb]. The van der Waals surface area contributed by atoms with Gasteiger partial charge in [0.15, 0.2) is 0 Å². The summed E-state index contributed by atoms with van der Waals surface area (Å²) in [6.45, 7) is 3.89. The smallest absolute Gasteiger partial charge is 0.652 e. The van der Waals surface area contributed by atoms with Crippen molar-refractivity contribution in [2.45, 2.75) is 27.7 Å². The fourth-order valence-electron chi connectivity index (χ4n) is 0. The molecule has 0 saturated carbocycles. The summed E-state index contributed by atoms with van der Waals surface area (Å²) in [5, 5.41) is 52.2. The molecule has 0 aromatic carbocycles. The van der Waals surface area contributed by atoms with Gasteiger partial charge >= 0.3 is 59.1 Å². The van der Waals surface area contributed by atoms with E-state index in [9.17, 15) is 0 Å². The van der Waals surface area contributed by atoms with Gasteiger partial charge in [0.2, 0.25) is 0 Å². The Hall–Kier alpha value is 0.0721. The van der Waals surface area contributed by atoms with E-state index < -0.39 is 30.0 Å². The number of aliphatic carboxylic acids is 4. The number of carboxylic acid groups (broad SMARTS) is 6. The normalized spacial score (nSPS) is 5.39. The molecule has 4 radical (unpaired) electrons. The predicted octanol–water partition coefficient (Wildman–Crippen LogP) is -13.8. The summed E-state index contributed by atoms with van der Waals surface area (Å²) in [4.78, 5) is 43.9. The molecule has 0 bridgehead atoms. The predicted molar refractivity (Wildman–Crippen MR) is 53.9 cm³/mol. The maximum atomic E-state index is 8.89. The zero-order valence-corrected chi connectivity index (χ0v) is 21.4. The summed E-state index contributed by atoms with van der Waals surface area (Å²) in [6.07, 6.45) is -2.33. The number of hydrogen-bond donors (Lipinski definition) is 0. The Morgan fingerprint density at radius 1 is 0.478 bits per heavy atom. The molecule has 0 atom stereocenters. The molecule has 0 rings (SSSR count). The summed E-state index contributed by atoms with van der Waals surface area (Å²) in [6, 6.07) is 0. The number of carbonyl (C=O) groups excluding carboxylic acids is 5. The summed E-state index contributed by atoms with van der Waals surface area (Å²) >= 11 is 0. The van der Waals surface area contributed by atoms with Crippen molar-refractivity contribution in [3.05, 3.63) is 0 Å². The molecular formula is C9H12Na2O11Pb-4. The van der Waals surface area contributed by atoms with Gasteiger partial charge in [0.25, 0.3) is 0 Å². The van der Waals surface area contributed by atoms with Crippen LogP contribution in [0.5, 0.6) is 0 Å². The molecule has 0 heterocycles. The molecule has 0 aromatic heterocycles. The average Bonchev–Trinajstić information content (AvgIpc) is 1.94. The minimum atomic E-state index is -2.33. The summed E-state index contributed by atoms with van der Waals surface area (Å²) in [5.74, 6) is -4.33. The Morgan fingerprint density at radius 3 is 0.478 bits per heavy atom. The third-order valence-corrected chi connectivity index (χ3v) is 0. The first-order valence-corrected chi connectivity index (χ1v) is 4.25. The van der Waals surface area contributed by atoms with Crippen LogP contribution in [0.1, 0.15) is 27.7 Å². The van der Waals surface area contributed by atoms with Crippen LogP contribution in [0.25, 0.3) is 0 Å². The van der Waals surface area contributed by atoms with Gasteiger partial charge in [0.1, 0.15) is 0 Å². The fourth-order valence-corrected chi connectivity index (χ4v) is 0. The number of hydrogen-bond acceptors (Lipinski definition) is 11. The molecule has 0 aliphatic rings. The quantitative estimate of drug-likeness (QED) is 0.258. The molecule has 0 aliphatic heterocycles. The molecule has 0 spiro atoms. The van der Waals surface area contributed by atoms with Gasteiger partial charge in [0.05, 0.1) is 0 Å². The van der Waals surface area contributed by atoms with Crippen molar-refractivity contribution in [2.75, 3.05) is 0 Å². The van der Waals surface area contributed by atoms with Gasteiger partial charge in [-0.1, -0.05) is 0 Å². The molecule has 0 unspecified atom stereocenters. The first kappa shape index (κ1) is 49.5. The van der Waals surface area contributed by atoms with E-state index >= 15 is 0 Å². The van der Waals surface area contributed by atoms with E-state index in [1.807, 2.05) is 0 Å². The first-order chi connectivity index (χ1) is 8.66. The van der Waals surface area contributed by atoms with Gasteiger partial charge in [-0.25, -0.2) is 0 Å². The van der Waals surface area contributed by atoms with Crippen molar-refractivity contribution in [1.29, 1.82) is 0 Å². The van der Waals surface area contributed by atoms with E-state index in [4.69, 9.17) is 54.6 Å². The maximum Gasteiger partial charge on any atom is 1.00 e. The number of carboxylic acids is 4. The van der Waals surface area contributed by atoms with Crippen LogP contribution in [0.15, 0.2) is 0 Å². The molecule has 0 fully saturated rings. The second-order valence-electron chi connectivity index (χ2n) is 2.22. The molecule has 124 valence electrons. The molecule has 23 heavy (non-hydrogen) atoms. The van der Waals surface area contributed by atoms with Gasteiger partial charge < -0.3 is 54.6 Å². The Bertz CT molecular complexity index is 220. The topological polar surface area (TPSA) is 224 Å². The third kappa shape index (κ3) is 1710000. The fraction of sp³-hybridized carbons (Fsp3) is 0.444. The zero-order valence-electron chi connectivity index (χ0n) is 13.5. The van der Waals surface area contributed by atoms with Gasteiger partial charge in [-0.2, -0.15) is 0 Å². The van der Waals surface area contributed by atoms with Crippen molar-refractivity contribution in [3.63, 3.8) is 0 Å². The van der Waals surface area contributed by atoms with Crippen LogP contribution in [0, 0.1) is 0 Å². The maximum absolute atomic E-state index is 8.89. The first-order valence-electron chi connectivity index (χ1n) is 4.25. The monoisotopic (exact) mass is 550 g/mol. The molecular weight excluding hydrogens is 537 g/mol. The van der Waals surface area contributed by atoms with E-state index in [0.29, 0.717) is 0 Å². The zero-order chi connectivity index (χ0) is 17.9. The number of carbonyl (C=O) groups is 5. The van der Waals surface area contributed by atoms with E-state index in [1.54, 1.807) is 0 Å². The molecule has 11 nitrogen and oxygen atoms in total. The van der Waals surface area contributed by atoms with Crippen molar-refractivity contribution >= 4 is 57.3 Å². The van der Waals surface area contributed by atoms with E-state index in [-0.39, 0.29) is 86.4 Å². The largest absolute Gasteiger partial charge is 1.00 e. The Morgan fingerprint density at radius 2 is 0.478 bits per heavy atom. The van der Waals surface area contributed by atoms with E-state index in [1.165, 1.54) is 0 Å². The second kappa shape index (κ2) is 43.1. The van der Waals surface area contributed by atoms with Crippen LogP contribution in [-0.2, 0) is 19.2 Å². The average molecular weight is 549 g/mol. The standard InChI is InChI=1S/4C2H4O2.CH2O3.2Na.Pb/c4*1-2(3)4;2-1(3)4;;;/h4*1H3,(H,3,4);(H2,2,3,4);;;/q;;;;;2*+1;/p-6. The molecule has 0 amide bonds. The van der Waals surface area contributed by atoms with E-state index in [2.05, 4.69) is 0 Å². The van der Waals surface area contributed by atoms with Crippen LogP contribution in [0.3, 0.4) is 0 Å². The van der Waals surface area contributed by atoms with Crippen LogP contribution < -0.4 is 89.8 Å². The van der Waals surface area contributed by atoms with Gasteiger partial charge in [-0.05, 0) is 33.9 Å². The molecule has 0 aliphatic carbocycles. The van der Waals surface area contributed by atoms with Crippen molar-refractivity contribution in [1.82, 2.24) is 0 Å². The van der Waals surface area contributed by atoms with Gasteiger partial charge in [-0.15, -0.1) is 0 Å². The Kier molecular flexibility index (Phi) is 92.8. The summed E-state index contributed by atoms with van der Waals surface area (Å²) < 4.78 is 0. The third-order valence-electron chi connectivity index (χ3n) is 0. The van der Waals surface area contributed by atoms with Gasteiger partial charge in [0, 0.05) is 51.2 Å². The molecule has 14 heteroatoms. The van der Waals surface area contributed by atoms with Crippen molar-refractivity contribution < 1.29 is 114 Å². The van der Waals surface area contributed by atoms with Crippen LogP contribution >= 0.6 is 0 Å². The minimum Gasteiger partial charge on any atom is -0.652 e. The molecule has 0 saturated heterocycles. The van der Waals surface area contributed by atoms with Crippen LogP contribution in [0.4, 0.5) is 4.79 Å². The van der Waals surface area contributed by atoms with Crippen LogP contribution in [0.2, 0.25) is 0 Å². The Balaban J connectivity index is -0.0000000197. The van der Waals surface area contributed by atoms with Gasteiger partial charge in [-0.3, -0.25) is 0 Å². The van der Waals surface area contributed by atoms with Crippen molar-refractivity contribution in [2.24, 2.45) is 0 Å². The molecule has 0 N–H and O–H groups in total. The Labute approximate surface area is 196 Å².